The monoisotopic (exact) mass is 307 g/mol. The number of carbonyl (C=O) groups excluding carboxylic acids is 1. The van der Waals surface area contributed by atoms with Crippen LogP contribution in [0.15, 0.2) is 29.3 Å². The van der Waals surface area contributed by atoms with Crippen molar-refractivity contribution in [2.45, 2.75) is 13.0 Å². The maximum Gasteiger partial charge on any atom is 0.351 e. The van der Waals surface area contributed by atoms with E-state index in [4.69, 9.17) is 9.47 Å². The summed E-state index contributed by atoms with van der Waals surface area (Å²) >= 11 is 0. The number of hydrogen-bond acceptors (Lipinski definition) is 6. The molecule has 0 fully saturated rings. The van der Waals surface area contributed by atoms with E-state index >= 15 is 0 Å². The number of esters is 1. The molecular weight excluding hydrogens is 290 g/mol. The van der Waals surface area contributed by atoms with Crippen LogP contribution in [0.4, 0.5) is 0 Å². The Kier molecular flexibility index (Phi) is 4.50. The zero-order valence-electron chi connectivity index (χ0n) is 12.8. The predicted molar refractivity (Wildman–Crippen MR) is 77.7 cm³/mol. The second kappa shape index (κ2) is 6.33. The number of aromatic nitrogens is 3. The highest BCUT2D eigenvalue weighted by Crippen LogP contribution is 2.28. The van der Waals surface area contributed by atoms with Crippen LogP contribution in [0, 0.1) is 0 Å². The summed E-state index contributed by atoms with van der Waals surface area (Å²) < 4.78 is 17.3. The van der Waals surface area contributed by atoms with Crippen LogP contribution in [0.3, 0.4) is 0 Å². The number of hydrogen-bond donors (Lipinski definition) is 0. The first-order valence-corrected chi connectivity index (χ1v) is 6.49. The van der Waals surface area contributed by atoms with E-state index in [1.54, 1.807) is 25.1 Å². The molecule has 118 valence electrons. The maximum atomic E-state index is 12.4. The zero-order chi connectivity index (χ0) is 16.3. The predicted octanol–water partition coefficient (Wildman–Crippen LogP) is 0.785. The average Bonchev–Trinajstić information content (AvgIpc) is 2.94. The van der Waals surface area contributed by atoms with E-state index in [2.05, 4.69) is 9.84 Å². The summed E-state index contributed by atoms with van der Waals surface area (Å²) in [5, 5.41) is 3.95. The molecule has 1 unspecified atom stereocenters. The van der Waals surface area contributed by atoms with Gasteiger partial charge in [-0.25, -0.2) is 14.2 Å². The molecule has 0 saturated heterocycles. The van der Waals surface area contributed by atoms with Crippen LogP contribution in [0.5, 0.6) is 11.5 Å². The van der Waals surface area contributed by atoms with Crippen LogP contribution in [0.25, 0.3) is 5.69 Å². The van der Waals surface area contributed by atoms with E-state index in [1.165, 1.54) is 32.2 Å². The van der Waals surface area contributed by atoms with Crippen LogP contribution < -0.4 is 15.2 Å². The molecule has 22 heavy (non-hydrogen) atoms. The third kappa shape index (κ3) is 2.67. The van der Waals surface area contributed by atoms with Crippen molar-refractivity contribution in [3.8, 4) is 17.2 Å². The molecule has 1 aromatic heterocycles. The molecule has 1 atom stereocenters. The first-order valence-electron chi connectivity index (χ1n) is 6.49. The van der Waals surface area contributed by atoms with Gasteiger partial charge < -0.3 is 14.2 Å². The van der Waals surface area contributed by atoms with Crippen LogP contribution >= 0.6 is 0 Å². The zero-order valence-corrected chi connectivity index (χ0v) is 12.8. The topological polar surface area (TPSA) is 84.6 Å². The van der Waals surface area contributed by atoms with Crippen LogP contribution in [-0.4, -0.2) is 41.6 Å². The summed E-state index contributed by atoms with van der Waals surface area (Å²) in [5.74, 6) is 0.495. The Bertz CT molecular complexity index is 734. The summed E-state index contributed by atoms with van der Waals surface area (Å²) in [7, 11) is 4.29. The van der Waals surface area contributed by atoms with Crippen molar-refractivity contribution in [3.05, 3.63) is 35.0 Å². The second-order valence-corrected chi connectivity index (χ2v) is 4.47. The fourth-order valence-electron chi connectivity index (χ4n) is 2.00. The largest absolute Gasteiger partial charge is 0.493 e. The molecule has 2 aromatic rings. The van der Waals surface area contributed by atoms with Crippen molar-refractivity contribution in [2.24, 2.45) is 0 Å². The van der Waals surface area contributed by atoms with Gasteiger partial charge in [-0.2, -0.15) is 9.78 Å². The van der Waals surface area contributed by atoms with E-state index in [0.717, 1.165) is 4.68 Å². The van der Waals surface area contributed by atoms with Gasteiger partial charge in [-0.15, -0.1) is 0 Å². The molecule has 1 aromatic carbocycles. The third-order valence-corrected chi connectivity index (χ3v) is 3.25. The Morgan fingerprint density at radius 2 is 1.86 bits per heavy atom. The van der Waals surface area contributed by atoms with Crippen LogP contribution in [0.2, 0.25) is 0 Å². The molecule has 8 heteroatoms. The fourth-order valence-corrected chi connectivity index (χ4v) is 2.00. The van der Waals surface area contributed by atoms with Gasteiger partial charge in [0.2, 0.25) is 0 Å². The van der Waals surface area contributed by atoms with Gasteiger partial charge in [-0.05, 0) is 19.1 Å². The second-order valence-electron chi connectivity index (χ2n) is 4.47. The number of carbonyl (C=O) groups is 1. The first kappa shape index (κ1) is 15.6. The van der Waals surface area contributed by atoms with Gasteiger partial charge in [0.05, 0.1) is 27.0 Å². The normalized spacial score (nSPS) is 11.8. The van der Waals surface area contributed by atoms with E-state index in [1.807, 2.05) is 0 Å². The van der Waals surface area contributed by atoms with Gasteiger partial charge in [0.25, 0.3) is 0 Å². The minimum absolute atomic E-state index is 0.454. The summed E-state index contributed by atoms with van der Waals surface area (Å²) in [6.45, 7) is 1.54. The van der Waals surface area contributed by atoms with Gasteiger partial charge in [0, 0.05) is 6.07 Å². The Hall–Kier alpha value is -2.77. The van der Waals surface area contributed by atoms with Crippen molar-refractivity contribution in [3.63, 3.8) is 0 Å². The number of methoxy groups -OCH3 is 3. The van der Waals surface area contributed by atoms with Gasteiger partial charge in [0.1, 0.15) is 6.33 Å². The fraction of sp³-hybridized carbons (Fsp3) is 0.357. The quantitative estimate of drug-likeness (QED) is 0.759. The molecule has 0 saturated carbocycles. The average molecular weight is 307 g/mol. The van der Waals surface area contributed by atoms with E-state index in [-0.39, 0.29) is 0 Å². The number of rotatable bonds is 5. The van der Waals surface area contributed by atoms with Crippen molar-refractivity contribution in [2.75, 3.05) is 21.3 Å². The van der Waals surface area contributed by atoms with Gasteiger partial charge in [-0.1, -0.05) is 0 Å². The highest BCUT2D eigenvalue weighted by molar-refractivity contribution is 5.73. The molecule has 8 nitrogen and oxygen atoms in total. The lowest BCUT2D eigenvalue weighted by molar-refractivity contribution is -0.144. The third-order valence-electron chi connectivity index (χ3n) is 3.25. The SMILES string of the molecule is COC(=O)C(C)n1ncn(-c2ccc(OC)c(OC)c2)c1=O. The minimum atomic E-state index is -0.807. The Balaban J connectivity index is 2.45. The van der Waals surface area contributed by atoms with Gasteiger partial charge in [0.15, 0.2) is 17.5 Å². The summed E-state index contributed by atoms with van der Waals surface area (Å²) in [5.41, 5.74) is 0.0936. The van der Waals surface area contributed by atoms with E-state index in [9.17, 15) is 9.59 Å². The van der Waals surface area contributed by atoms with Crippen molar-refractivity contribution in [1.82, 2.24) is 14.3 Å². The molecule has 0 aliphatic rings. The van der Waals surface area contributed by atoms with Crippen LogP contribution in [-0.2, 0) is 9.53 Å². The lowest BCUT2D eigenvalue weighted by Crippen LogP contribution is -2.30. The summed E-state index contributed by atoms with van der Waals surface area (Å²) in [6.07, 6.45) is 1.34. The van der Waals surface area contributed by atoms with Crippen molar-refractivity contribution < 1.29 is 19.0 Å². The Morgan fingerprint density at radius 1 is 1.18 bits per heavy atom. The number of ether oxygens (including phenoxy) is 3. The molecular formula is C14H17N3O5. The summed E-state index contributed by atoms with van der Waals surface area (Å²) in [6, 6.07) is 4.22. The Labute approximate surface area is 126 Å². The molecule has 2 rings (SSSR count). The lowest BCUT2D eigenvalue weighted by atomic mass is 10.2. The standard InChI is InChI=1S/C14H17N3O5/c1-9(13(18)22-4)17-14(19)16(8-15-17)10-5-6-11(20-2)12(7-10)21-3/h5-9H,1-4H3. The van der Waals surface area contributed by atoms with Crippen molar-refractivity contribution in [1.29, 1.82) is 0 Å². The highest BCUT2D eigenvalue weighted by atomic mass is 16.5. The molecule has 0 radical (unpaired) electrons. The molecule has 0 aliphatic heterocycles. The Morgan fingerprint density at radius 3 is 2.45 bits per heavy atom. The number of nitrogens with zero attached hydrogens (tertiary/aromatic N) is 3. The molecule has 1 heterocycles. The van der Waals surface area contributed by atoms with Crippen LogP contribution in [0.1, 0.15) is 13.0 Å². The maximum absolute atomic E-state index is 12.4. The van der Waals surface area contributed by atoms with Gasteiger partial charge >= 0.3 is 11.7 Å². The van der Waals surface area contributed by atoms with Crippen molar-refractivity contribution >= 4 is 5.97 Å². The molecule has 0 N–H and O–H groups in total. The molecule has 0 spiro atoms. The lowest BCUT2D eigenvalue weighted by Gasteiger charge is -2.10. The van der Waals surface area contributed by atoms with E-state index in [0.29, 0.717) is 17.2 Å². The highest BCUT2D eigenvalue weighted by Gasteiger charge is 2.20. The molecule has 0 bridgehead atoms. The first-order chi connectivity index (χ1) is 10.5. The minimum Gasteiger partial charge on any atom is -0.493 e. The summed E-state index contributed by atoms with van der Waals surface area (Å²) in [4.78, 5) is 23.9. The molecule has 0 aliphatic carbocycles. The number of benzene rings is 1. The van der Waals surface area contributed by atoms with Gasteiger partial charge in [-0.3, -0.25) is 0 Å². The molecule has 0 amide bonds. The smallest absolute Gasteiger partial charge is 0.351 e. The van der Waals surface area contributed by atoms with E-state index < -0.39 is 17.7 Å².